The molecule has 11 heteroatoms. The van der Waals surface area contributed by atoms with E-state index in [1.165, 1.54) is 0 Å². The van der Waals surface area contributed by atoms with Gasteiger partial charge in [-0.2, -0.15) is 0 Å². The molecule has 0 aliphatic rings. The lowest BCUT2D eigenvalue weighted by atomic mass is 10.1. The lowest BCUT2D eigenvalue weighted by molar-refractivity contribution is -0.140. The highest BCUT2D eigenvalue weighted by atomic mass is 16.5. The molecule has 0 aromatic heterocycles. The molecule has 0 aliphatic carbocycles. The van der Waals surface area contributed by atoms with Crippen molar-refractivity contribution >= 4 is 23.4 Å². The Labute approximate surface area is 208 Å². The van der Waals surface area contributed by atoms with Gasteiger partial charge in [0.05, 0.1) is 33.0 Å². The molecule has 204 valence electrons. The summed E-state index contributed by atoms with van der Waals surface area (Å²) in [6.07, 6.45) is 1.37. The van der Waals surface area contributed by atoms with E-state index >= 15 is 0 Å². The molecule has 0 unspecified atom stereocenters. The minimum absolute atomic E-state index is 0.0102. The number of rotatable bonds is 24. The molecule has 0 aliphatic heterocycles. The van der Waals surface area contributed by atoms with Crippen LogP contribution in [0, 0.1) is 5.92 Å². The van der Waals surface area contributed by atoms with E-state index in [2.05, 4.69) is 10.6 Å². The fourth-order valence-electron chi connectivity index (χ4n) is 2.74. The molecular weight excluding hydrogens is 460 g/mol. The molecule has 0 rings (SSSR count). The van der Waals surface area contributed by atoms with Crippen molar-refractivity contribution in [2.24, 2.45) is 5.92 Å². The largest absolute Gasteiger partial charge is 0.480 e. The van der Waals surface area contributed by atoms with Gasteiger partial charge < -0.3 is 34.7 Å². The summed E-state index contributed by atoms with van der Waals surface area (Å²) in [6.45, 7) is 9.67. The molecule has 1 atom stereocenters. The Morgan fingerprint density at radius 1 is 0.771 bits per heavy atom. The SMILES string of the molecule is CC(C)N[C@@H](CCC(=O)CCCOCCOCC(=O)NCCOCCOCC(=O)C(C)C)C(=O)O. The summed E-state index contributed by atoms with van der Waals surface area (Å²) in [7, 11) is 0. The van der Waals surface area contributed by atoms with Gasteiger partial charge in [0.15, 0.2) is 5.78 Å². The highest BCUT2D eigenvalue weighted by Gasteiger charge is 2.19. The molecule has 0 saturated heterocycles. The third-order valence-corrected chi connectivity index (χ3v) is 4.72. The number of carbonyl (C=O) groups excluding carboxylic acids is 3. The Kier molecular flexibility index (Phi) is 20.2. The maximum Gasteiger partial charge on any atom is 0.320 e. The van der Waals surface area contributed by atoms with Gasteiger partial charge in [-0.05, 0) is 12.8 Å². The van der Waals surface area contributed by atoms with Gasteiger partial charge in [0, 0.05) is 38.0 Å². The normalized spacial score (nSPS) is 12.2. The average molecular weight is 505 g/mol. The molecule has 0 bridgehead atoms. The monoisotopic (exact) mass is 504 g/mol. The van der Waals surface area contributed by atoms with Crippen LogP contribution in [0.2, 0.25) is 0 Å². The first-order valence-corrected chi connectivity index (χ1v) is 12.2. The van der Waals surface area contributed by atoms with E-state index in [1.807, 2.05) is 27.7 Å². The van der Waals surface area contributed by atoms with Crippen LogP contribution in [-0.4, -0.2) is 100 Å². The molecule has 0 radical (unpaired) electrons. The summed E-state index contributed by atoms with van der Waals surface area (Å²) in [5, 5.41) is 14.7. The second-order valence-electron chi connectivity index (χ2n) is 8.69. The van der Waals surface area contributed by atoms with E-state index < -0.39 is 12.0 Å². The first-order chi connectivity index (χ1) is 16.6. The van der Waals surface area contributed by atoms with E-state index in [4.69, 9.17) is 24.1 Å². The zero-order chi connectivity index (χ0) is 26.5. The quantitative estimate of drug-likeness (QED) is 0.162. The maximum absolute atomic E-state index is 11.9. The summed E-state index contributed by atoms with van der Waals surface area (Å²) in [5.41, 5.74) is 0. The number of amides is 1. The predicted molar refractivity (Wildman–Crippen MR) is 129 cm³/mol. The van der Waals surface area contributed by atoms with Crippen molar-refractivity contribution in [3.63, 3.8) is 0 Å². The maximum atomic E-state index is 11.9. The van der Waals surface area contributed by atoms with Gasteiger partial charge in [-0.25, -0.2) is 0 Å². The number of nitrogens with one attached hydrogen (secondary N) is 2. The molecule has 0 heterocycles. The van der Waals surface area contributed by atoms with Crippen LogP contribution in [0.1, 0.15) is 53.4 Å². The second-order valence-corrected chi connectivity index (χ2v) is 8.69. The number of carboxylic acid groups (broad SMARTS) is 1. The first kappa shape index (κ1) is 33.1. The van der Waals surface area contributed by atoms with Crippen LogP contribution in [0.15, 0.2) is 0 Å². The van der Waals surface area contributed by atoms with Gasteiger partial charge in [-0.3, -0.25) is 19.2 Å². The number of Topliss-reactive ketones (excluding diaryl/α,β-unsaturated/α-hetero) is 2. The van der Waals surface area contributed by atoms with E-state index in [0.717, 1.165) is 0 Å². The lowest BCUT2D eigenvalue weighted by Crippen LogP contribution is -2.41. The van der Waals surface area contributed by atoms with Gasteiger partial charge in [-0.15, -0.1) is 0 Å². The van der Waals surface area contributed by atoms with E-state index in [9.17, 15) is 19.2 Å². The van der Waals surface area contributed by atoms with Gasteiger partial charge in [0.1, 0.15) is 25.0 Å². The third-order valence-electron chi connectivity index (χ3n) is 4.72. The minimum atomic E-state index is -0.950. The number of carbonyl (C=O) groups is 4. The molecule has 0 spiro atoms. The number of ether oxygens (including phenoxy) is 4. The smallest absolute Gasteiger partial charge is 0.320 e. The zero-order valence-corrected chi connectivity index (χ0v) is 21.6. The molecule has 0 aromatic carbocycles. The van der Waals surface area contributed by atoms with Crippen LogP contribution >= 0.6 is 0 Å². The first-order valence-electron chi connectivity index (χ1n) is 12.2. The molecule has 0 saturated carbocycles. The van der Waals surface area contributed by atoms with Crippen molar-refractivity contribution in [3.8, 4) is 0 Å². The Balaban J connectivity index is 3.51. The van der Waals surface area contributed by atoms with Gasteiger partial charge >= 0.3 is 5.97 Å². The van der Waals surface area contributed by atoms with Crippen molar-refractivity contribution < 1.29 is 43.2 Å². The Morgan fingerprint density at radius 3 is 1.97 bits per heavy atom. The summed E-state index contributed by atoms with van der Waals surface area (Å²) >= 11 is 0. The summed E-state index contributed by atoms with van der Waals surface area (Å²) in [6, 6.07) is -0.685. The molecule has 1 amide bonds. The van der Waals surface area contributed by atoms with Crippen molar-refractivity contribution in [1.82, 2.24) is 10.6 Å². The average Bonchev–Trinajstić information content (AvgIpc) is 2.79. The van der Waals surface area contributed by atoms with Crippen molar-refractivity contribution in [1.29, 1.82) is 0 Å². The second kappa shape index (κ2) is 21.4. The van der Waals surface area contributed by atoms with Crippen LogP contribution in [-0.2, 0) is 38.1 Å². The van der Waals surface area contributed by atoms with Gasteiger partial charge in [-0.1, -0.05) is 27.7 Å². The number of ketones is 2. The highest BCUT2D eigenvalue weighted by molar-refractivity contribution is 5.81. The van der Waals surface area contributed by atoms with Crippen molar-refractivity contribution in [2.45, 2.75) is 65.5 Å². The van der Waals surface area contributed by atoms with Crippen molar-refractivity contribution in [2.75, 3.05) is 59.4 Å². The predicted octanol–water partition coefficient (Wildman–Crippen LogP) is 0.975. The van der Waals surface area contributed by atoms with Crippen molar-refractivity contribution in [3.05, 3.63) is 0 Å². The number of aliphatic carboxylic acids is 1. The van der Waals surface area contributed by atoms with Crippen LogP contribution in [0.4, 0.5) is 0 Å². The van der Waals surface area contributed by atoms with Crippen LogP contribution in [0.25, 0.3) is 0 Å². The number of carboxylic acids is 1. The fraction of sp³-hybridized carbons (Fsp3) is 0.833. The minimum Gasteiger partial charge on any atom is -0.480 e. The lowest BCUT2D eigenvalue weighted by Gasteiger charge is -2.16. The molecule has 3 N–H and O–H groups in total. The van der Waals surface area contributed by atoms with Gasteiger partial charge in [0.25, 0.3) is 0 Å². The van der Waals surface area contributed by atoms with E-state index in [-0.39, 0.29) is 62.1 Å². The number of hydrogen-bond acceptors (Lipinski definition) is 9. The van der Waals surface area contributed by atoms with Crippen LogP contribution < -0.4 is 10.6 Å². The van der Waals surface area contributed by atoms with E-state index in [0.29, 0.717) is 52.4 Å². The molecular formula is C24H44N2O9. The topological polar surface area (TPSA) is 149 Å². The third kappa shape index (κ3) is 21.1. The standard InChI is InChI=1S/C24H44N2O9/c1-18(2)22(28)16-34-14-13-33-11-9-25-23(29)17-35-15-12-32-10-5-6-20(27)7-8-21(24(30)31)26-19(3)4/h18-19,21,26H,5-17H2,1-4H3,(H,25,29)(H,30,31)/t21-/m0/s1. The highest BCUT2D eigenvalue weighted by Crippen LogP contribution is 2.04. The molecule has 0 fully saturated rings. The fourth-order valence-corrected chi connectivity index (χ4v) is 2.74. The summed E-state index contributed by atoms with van der Waals surface area (Å²) in [4.78, 5) is 46.1. The summed E-state index contributed by atoms with van der Waals surface area (Å²) < 4.78 is 21.1. The molecule has 11 nitrogen and oxygen atoms in total. The summed E-state index contributed by atoms with van der Waals surface area (Å²) in [5.74, 6) is -1.19. The number of hydrogen-bond donors (Lipinski definition) is 3. The molecule has 35 heavy (non-hydrogen) atoms. The van der Waals surface area contributed by atoms with E-state index in [1.54, 1.807) is 0 Å². The van der Waals surface area contributed by atoms with Crippen LogP contribution in [0.5, 0.6) is 0 Å². The Bertz CT molecular complexity index is 612. The zero-order valence-electron chi connectivity index (χ0n) is 21.6. The molecule has 0 aromatic rings. The Morgan fingerprint density at radius 2 is 1.37 bits per heavy atom. The Hall–Kier alpha value is -1.92. The van der Waals surface area contributed by atoms with Crippen LogP contribution in [0.3, 0.4) is 0 Å². The van der Waals surface area contributed by atoms with Gasteiger partial charge in [0.2, 0.25) is 5.91 Å².